The van der Waals surface area contributed by atoms with Gasteiger partial charge in [0, 0.05) is 44.3 Å². The van der Waals surface area contributed by atoms with Crippen LogP contribution in [0, 0.1) is 18.5 Å². The maximum absolute atomic E-state index is 9.12. The van der Waals surface area contributed by atoms with Crippen LogP contribution in [0.15, 0.2) is 200 Å². The fourth-order valence-corrected chi connectivity index (χ4v) is 7.94. The summed E-state index contributed by atoms with van der Waals surface area (Å²) in [5.41, 5.74) is 6.35. The first-order chi connectivity index (χ1) is 34.3. The fraction of sp³-hybridized carbons (Fsp3) is 0.0357. The summed E-state index contributed by atoms with van der Waals surface area (Å²) in [6, 6.07) is 43.4. The van der Waals surface area contributed by atoms with Gasteiger partial charge in [0.2, 0.25) is 0 Å². The van der Waals surface area contributed by atoms with Crippen LogP contribution in [-0.2, 0) is 27.5 Å². The summed E-state index contributed by atoms with van der Waals surface area (Å²) in [5.74, 6) is 1.55. The monoisotopic (exact) mass is 987 g/mol. The molecule has 0 unspecified atom stereocenters. The molecule has 8 aromatic carbocycles. The van der Waals surface area contributed by atoms with Crippen molar-refractivity contribution in [3.05, 3.63) is 224 Å². The minimum atomic E-state index is -0.577. The van der Waals surface area contributed by atoms with E-state index in [1.807, 2.05) is 97.2 Å². The summed E-state index contributed by atoms with van der Waals surface area (Å²) in [6.45, 7) is 2.11. The van der Waals surface area contributed by atoms with E-state index >= 15 is 0 Å². The van der Waals surface area contributed by atoms with Crippen LogP contribution in [0.5, 0.6) is 11.5 Å². The van der Waals surface area contributed by atoms with E-state index in [2.05, 4.69) is 48.1 Å². The Kier molecular flexibility index (Phi) is 7.77. The Bertz CT molecular complexity index is 3840. The van der Waals surface area contributed by atoms with E-state index in [1.165, 1.54) is 0 Å². The number of nitrogens with zero attached hydrogens (tertiary/aromatic N) is 4. The molecule has 0 bridgehead atoms. The van der Waals surface area contributed by atoms with Gasteiger partial charge in [-0.05, 0) is 80.7 Å². The Morgan fingerprint density at radius 1 is 0.613 bits per heavy atom. The molecule has 0 N–H and O–H groups in total. The Morgan fingerprint density at radius 3 is 2.08 bits per heavy atom. The Balaban J connectivity index is 0.00000596. The van der Waals surface area contributed by atoms with Gasteiger partial charge in [0.25, 0.3) is 6.33 Å². The Labute approximate surface area is 389 Å². The second kappa shape index (κ2) is 16.6. The number of hydrogen-bond acceptors (Lipinski definition) is 2. The molecule has 11 aromatic rings. The average molecular weight is 988 g/mol. The molecule has 0 saturated heterocycles. The van der Waals surface area contributed by atoms with E-state index in [1.54, 1.807) is 33.4 Å². The van der Waals surface area contributed by atoms with Gasteiger partial charge in [-0.25, -0.2) is 4.98 Å². The number of ether oxygens (including phenoxy) is 1. The molecular formula is C56H38N4OPt-2. The second-order valence-corrected chi connectivity index (χ2v) is 14.4. The van der Waals surface area contributed by atoms with Crippen molar-refractivity contribution in [3.8, 4) is 62.1 Å². The molecule has 6 heteroatoms. The standard InChI is InChI=1S/C56H38N4O.Pt/c1-2-39-32-33-57-55(34-39)60-51-27-13-12-24-49(51)50-30-29-46(37-53(50)60)61-45-23-14-22-44(36-45)58-38-59(54-35-43(28-31-52(54)58)40-16-6-3-7-17-40)56-47(41-18-8-4-9-19-41)25-15-26-48(56)42-20-10-5-11-21-42;/h3-35H,2H2,1H3;/q-2;/i4D,5D,8D,9D,10D,11D,18D,19D,20D,21D;. The van der Waals surface area contributed by atoms with E-state index in [9.17, 15) is 0 Å². The number of hydrogen-bond donors (Lipinski definition) is 0. The van der Waals surface area contributed by atoms with Crippen molar-refractivity contribution in [2.24, 2.45) is 0 Å². The van der Waals surface area contributed by atoms with Crippen LogP contribution in [0.4, 0.5) is 0 Å². The summed E-state index contributed by atoms with van der Waals surface area (Å²) in [5, 5.41) is 2.03. The fourth-order valence-electron chi connectivity index (χ4n) is 7.94. The van der Waals surface area contributed by atoms with E-state index in [0.29, 0.717) is 28.2 Å². The molecule has 0 atom stereocenters. The molecule has 0 fully saturated rings. The first-order valence-corrected chi connectivity index (χ1v) is 19.8. The summed E-state index contributed by atoms with van der Waals surface area (Å²) < 4.78 is 99.9. The van der Waals surface area contributed by atoms with E-state index in [-0.39, 0.29) is 49.0 Å². The zero-order chi connectivity index (χ0) is 49.4. The third kappa shape index (κ3) is 7.01. The van der Waals surface area contributed by atoms with Gasteiger partial charge in [-0.15, -0.1) is 29.7 Å². The maximum Gasteiger partial charge on any atom is 0.268 e. The van der Waals surface area contributed by atoms with Crippen molar-refractivity contribution in [1.82, 2.24) is 14.1 Å². The number of fused-ring (bicyclic) bond motifs is 4. The first-order valence-electron chi connectivity index (χ1n) is 24.8. The third-order valence-corrected chi connectivity index (χ3v) is 10.8. The van der Waals surface area contributed by atoms with Crippen molar-refractivity contribution in [2.45, 2.75) is 13.3 Å². The van der Waals surface area contributed by atoms with Crippen molar-refractivity contribution >= 4 is 32.8 Å². The minimum Gasteiger partial charge on any atom is -0.510 e. The molecular weight excluding hydrogens is 940 g/mol. The second-order valence-electron chi connectivity index (χ2n) is 14.4. The number of pyridine rings is 1. The number of rotatable bonds is 9. The normalized spacial score (nSPS) is 13.5. The van der Waals surface area contributed by atoms with Gasteiger partial charge in [0.1, 0.15) is 5.82 Å². The van der Waals surface area contributed by atoms with Crippen LogP contribution in [-0.4, -0.2) is 14.1 Å². The van der Waals surface area contributed by atoms with Crippen LogP contribution in [0.2, 0.25) is 0 Å². The number of aryl methyl sites for hydroxylation is 1. The Morgan fingerprint density at radius 2 is 1.32 bits per heavy atom. The van der Waals surface area contributed by atoms with Gasteiger partial charge in [-0.2, -0.15) is 18.2 Å². The smallest absolute Gasteiger partial charge is 0.268 e. The molecule has 0 amide bonds. The van der Waals surface area contributed by atoms with Crippen LogP contribution < -0.4 is 9.30 Å². The number of benzene rings is 8. The molecule has 11 rings (SSSR count). The van der Waals surface area contributed by atoms with Crippen molar-refractivity contribution in [1.29, 1.82) is 0 Å². The molecule has 0 aliphatic carbocycles. The predicted molar refractivity (Wildman–Crippen MR) is 246 cm³/mol. The van der Waals surface area contributed by atoms with Crippen LogP contribution in [0.3, 0.4) is 0 Å². The molecule has 3 heterocycles. The van der Waals surface area contributed by atoms with Gasteiger partial charge in [0.05, 0.1) is 30.4 Å². The van der Waals surface area contributed by atoms with Crippen LogP contribution >= 0.6 is 0 Å². The molecule has 0 spiro atoms. The largest absolute Gasteiger partial charge is 0.510 e. The molecule has 3 aromatic heterocycles. The van der Waals surface area contributed by atoms with Crippen molar-refractivity contribution in [2.75, 3.05) is 0 Å². The van der Waals surface area contributed by atoms with Crippen LogP contribution in [0.25, 0.3) is 83.4 Å². The van der Waals surface area contributed by atoms with Gasteiger partial charge >= 0.3 is 0 Å². The van der Waals surface area contributed by atoms with Gasteiger partial charge in [0.15, 0.2) is 0 Å². The zero-order valence-corrected chi connectivity index (χ0v) is 35.3. The van der Waals surface area contributed by atoms with Gasteiger partial charge < -0.3 is 13.9 Å². The molecule has 0 aliphatic rings. The van der Waals surface area contributed by atoms with Crippen molar-refractivity contribution < 1.29 is 44.1 Å². The van der Waals surface area contributed by atoms with Gasteiger partial charge in [-0.3, -0.25) is 4.57 Å². The van der Waals surface area contributed by atoms with Crippen LogP contribution in [0.1, 0.15) is 26.2 Å². The summed E-state index contributed by atoms with van der Waals surface area (Å²) in [7, 11) is 0. The number of para-hydroxylation sites is 2. The number of imidazole rings is 1. The molecule has 0 radical (unpaired) electrons. The predicted octanol–water partition coefficient (Wildman–Crippen LogP) is 13.2. The maximum atomic E-state index is 9.12. The number of aromatic nitrogens is 4. The quantitative estimate of drug-likeness (QED) is 0.107. The van der Waals surface area contributed by atoms with E-state index in [0.717, 1.165) is 50.7 Å². The molecule has 0 aliphatic heterocycles. The molecule has 300 valence electrons. The topological polar surface area (TPSA) is 35.9 Å². The minimum absolute atomic E-state index is 0. The SMILES string of the molecule is [2H]c1c([2H])c([2H])c(-c2cccc(-c3c([2H])c([2H])c([2H])c([2H])c3[2H])c2-[n+]2[c-]n(-c3[c-]c(Oc4[c-]c5c(cc4)c4ccccc4n5-c4cc(CC)ccn4)ccc3)c3ccc(-c4ccccc4)cc32)c([2H])c1[2H].[Pt]. The molecule has 62 heavy (non-hydrogen) atoms. The molecule has 0 saturated carbocycles. The average Bonchev–Trinajstić information content (AvgIpc) is 3.94. The van der Waals surface area contributed by atoms with Gasteiger partial charge in [-0.1, -0.05) is 152 Å². The summed E-state index contributed by atoms with van der Waals surface area (Å²) in [4.78, 5) is 4.75. The summed E-state index contributed by atoms with van der Waals surface area (Å²) >= 11 is 0. The van der Waals surface area contributed by atoms with E-state index < -0.39 is 60.4 Å². The summed E-state index contributed by atoms with van der Waals surface area (Å²) in [6.07, 6.45) is 6.13. The molecule has 5 nitrogen and oxygen atoms in total. The van der Waals surface area contributed by atoms with E-state index in [4.69, 9.17) is 23.4 Å². The first kappa shape index (κ1) is 29.0. The Hall–Kier alpha value is -7.33. The van der Waals surface area contributed by atoms with Crippen molar-refractivity contribution in [3.63, 3.8) is 0 Å². The zero-order valence-electron chi connectivity index (χ0n) is 43.0. The third-order valence-electron chi connectivity index (χ3n) is 10.8.